The molecule has 2 aromatic carbocycles. The van der Waals surface area contributed by atoms with Crippen LogP contribution in [0.3, 0.4) is 0 Å². The van der Waals surface area contributed by atoms with E-state index < -0.39 is 0 Å². The van der Waals surface area contributed by atoms with E-state index in [1.807, 2.05) is 55.5 Å². The number of H-pyrrole nitrogens is 1. The molecule has 0 fully saturated rings. The predicted octanol–water partition coefficient (Wildman–Crippen LogP) is 4.18. The predicted molar refractivity (Wildman–Crippen MR) is 87.8 cm³/mol. The maximum atomic E-state index is 12.0. The molecule has 0 bridgehead atoms. The second-order valence-corrected chi connectivity index (χ2v) is 5.71. The van der Waals surface area contributed by atoms with E-state index in [2.05, 4.69) is 20.9 Å². The second kappa shape index (κ2) is 5.74. The summed E-state index contributed by atoms with van der Waals surface area (Å²) >= 11 is 3.32. The van der Waals surface area contributed by atoms with Crippen LogP contribution >= 0.6 is 15.9 Å². The summed E-state index contributed by atoms with van der Waals surface area (Å²) in [5, 5.41) is 0.892. The number of aryl methyl sites for hydroxylation is 1. The Hall–Kier alpha value is -2.07. The lowest BCUT2D eigenvalue weighted by Crippen LogP contribution is -2.10. The molecule has 3 nitrogen and oxygen atoms in total. The summed E-state index contributed by atoms with van der Waals surface area (Å²) in [6.45, 7) is 2.41. The first kappa shape index (κ1) is 13.9. The minimum Gasteiger partial charge on any atom is -0.487 e. The Morgan fingerprint density at radius 2 is 1.90 bits per heavy atom. The van der Waals surface area contributed by atoms with E-state index in [-0.39, 0.29) is 5.56 Å². The molecule has 0 saturated heterocycles. The van der Waals surface area contributed by atoms with Crippen LogP contribution in [0.5, 0.6) is 5.75 Å². The Balaban J connectivity index is 2.04. The van der Waals surface area contributed by atoms with Crippen LogP contribution in [0, 0.1) is 6.92 Å². The molecule has 1 aromatic heterocycles. The maximum absolute atomic E-state index is 12.0. The molecule has 0 aliphatic carbocycles. The Morgan fingerprint density at radius 3 is 2.67 bits per heavy atom. The van der Waals surface area contributed by atoms with Crippen LogP contribution in [0.2, 0.25) is 0 Å². The minimum atomic E-state index is -0.184. The molecular weight excluding hydrogens is 330 g/mol. The quantitative estimate of drug-likeness (QED) is 0.775. The number of rotatable bonds is 3. The number of aromatic amines is 1. The van der Waals surface area contributed by atoms with Gasteiger partial charge in [0.25, 0.3) is 5.56 Å². The van der Waals surface area contributed by atoms with Crippen molar-refractivity contribution in [1.29, 1.82) is 0 Å². The van der Waals surface area contributed by atoms with E-state index in [0.29, 0.717) is 16.8 Å². The SMILES string of the molecule is Cc1ccc2c(OCc3ccccc3)c(Br)c(=O)[nH]c2c1. The maximum Gasteiger partial charge on any atom is 0.266 e. The lowest BCUT2D eigenvalue weighted by Gasteiger charge is -2.11. The van der Waals surface area contributed by atoms with E-state index in [4.69, 9.17) is 4.74 Å². The van der Waals surface area contributed by atoms with Gasteiger partial charge in [0.15, 0.2) is 0 Å². The van der Waals surface area contributed by atoms with E-state index in [0.717, 1.165) is 22.0 Å². The number of fused-ring (bicyclic) bond motifs is 1. The van der Waals surface area contributed by atoms with Crippen molar-refractivity contribution in [3.05, 3.63) is 74.5 Å². The van der Waals surface area contributed by atoms with Gasteiger partial charge in [-0.3, -0.25) is 4.79 Å². The van der Waals surface area contributed by atoms with Crippen LogP contribution in [-0.4, -0.2) is 4.98 Å². The molecular formula is C17H14BrNO2. The highest BCUT2D eigenvalue weighted by molar-refractivity contribution is 9.10. The zero-order valence-corrected chi connectivity index (χ0v) is 13.1. The van der Waals surface area contributed by atoms with Crippen LogP contribution < -0.4 is 10.3 Å². The van der Waals surface area contributed by atoms with Crippen molar-refractivity contribution in [3.63, 3.8) is 0 Å². The molecule has 0 atom stereocenters. The lowest BCUT2D eigenvalue weighted by molar-refractivity contribution is 0.307. The lowest BCUT2D eigenvalue weighted by atomic mass is 10.1. The summed E-state index contributed by atoms with van der Waals surface area (Å²) in [7, 11) is 0. The zero-order chi connectivity index (χ0) is 14.8. The van der Waals surface area contributed by atoms with Crippen LogP contribution in [0.4, 0.5) is 0 Å². The summed E-state index contributed by atoms with van der Waals surface area (Å²) in [6, 6.07) is 15.8. The Kier molecular flexibility index (Phi) is 3.80. The summed E-state index contributed by atoms with van der Waals surface area (Å²) in [4.78, 5) is 14.8. The summed E-state index contributed by atoms with van der Waals surface area (Å²) < 4.78 is 6.32. The number of aromatic nitrogens is 1. The van der Waals surface area contributed by atoms with Gasteiger partial charge < -0.3 is 9.72 Å². The highest BCUT2D eigenvalue weighted by Gasteiger charge is 2.12. The van der Waals surface area contributed by atoms with Gasteiger partial charge in [-0.1, -0.05) is 36.4 Å². The highest BCUT2D eigenvalue weighted by Crippen LogP contribution is 2.30. The van der Waals surface area contributed by atoms with Crippen molar-refractivity contribution in [2.24, 2.45) is 0 Å². The van der Waals surface area contributed by atoms with Gasteiger partial charge in [0.2, 0.25) is 0 Å². The molecule has 3 aromatic rings. The van der Waals surface area contributed by atoms with Gasteiger partial charge in [-0.25, -0.2) is 0 Å². The zero-order valence-electron chi connectivity index (χ0n) is 11.5. The van der Waals surface area contributed by atoms with E-state index in [9.17, 15) is 4.79 Å². The van der Waals surface area contributed by atoms with Gasteiger partial charge in [-0.15, -0.1) is 0 Å². The van der Waals surface area contributed by atoms with Crippen LogP contribution in [0.15, 0.2) is 57.8 Å². The van der Waals surface area contributed by atoms with Gasteiger partial charge in [0.1, 0.15) is 16.8 Å². The molecule has 0 saturated carbocycles. The van der Waals surface area contributed by atoms with Crippen molar-refractivity contribution in [1.82, 2.24) is 4.98 Å². The fourth-order valence-corrected chi connectivity index (χ4v) is 2.66. The molecule has 0 aliphatic rings. The third kappa shape index (κ3) is 2.85. The molecule has 4 heteroatoms. The van der Waals surface area contributed by atoms with Crippen molar-refractivity contribution in [2.45, 2.75) is 13.5 Å². The third-order valence-electron chi connectivity index (χ3n) is 3.29. The monoisotopic (exact) mass is 343 g/mol. The fourth-order valence-electron chi connectivity index (χ4n) is 2.23. The first-order valence-corrected chi connectivity index (χ1v) is 7.43. The van der Waals surface area contributed by atoms with Crippen LogP contribution in [0.25, 0.3) is 10.9 Å². The van der Waals surface area contributed by atoms with Crippen molar-refractivity contribution < 1.29 is 4.74 Å². The highest BCUT2D eigenvalue weighted by atomic mass is 79.9. The summed E-state index contributed by atoms with van der Waals surface area (Å²) in [6.07, 6.45) is 0. The molecule has 3 rings (SSSR count). The average molecular weight is 344 g/mol. The smallest absolute Gasteiger partial charge is 0.266 e. The van der Waals surface area contributed by atoms with Crippen molar-refractivity contribution in [2.75, 3.05) is 0 Å². The molecule has 0 radical (unpaired) electrons. The topological polar surface area (TPSA) is 42.1 Å². The Labute approximate surface area is 130 Å². The number of hydrogen-bond acceptors (Lipinski definition) is 2. The van der Waals surface area contributed by atoms with Crippen LogP contribution in [0.1, 0.15) is 11.1 Å². The number of halogens is 1. The Morgan fingerprint density at radius 1 is 1.14 bits per heavy atom. The largest absolute Gasteiger partial charge is 0.487 e. The molecule has 0 unspecified atom stereocenters. The van der Waals surface area contributed by atoms with E-state index in [1.165, 1.54) is 0 Å². The number of ether oxygens (including phenoxy) is 1. The van der Waals surface area contributed by atoms with Gasteiger partial charge in [-0.05, 0) is 46.1 Å². The first-order chi connectivity index (χ1) is 10.1. The Bertz CT molecular complexity index is 841. The number of hydrogen-bond donors (Lipinski definition) is 1. The van der Waals surface area contributed by atoms with E-state index >= 15 is 0 Å². The van der Waals surface area contributed by atoms with Gasteiger partial charge >= 0.3 is 0 Å². The summed E-state index contributed by atoms with van der Waals surface area (Å²) in [5.41, 5.74) is 2.75. The van der Waals surface area contributed by atoms with Gasteiger partial charge in [0, 0.05) is 5.39 Å². The van der Waals surface area contributed by atoms with Crippen molar-refractivity contribution >= 4 is 26.8 Å². The molecule has 0 amide bonds. The van der Waals surface area contributed by atoms with Crippen LogP contribution in [-0.2, 0) is 6.61 Å². The van der Waals surface area contributed by atoms with E-state index in [1.54, 1.807) is 0 Å². The second-order valence-electron chi connectivity index (χ2n) is 4.92. The molecule has 1 N–H and O–H groups in total. The third-order valence-corrected chi connectivity index (χ3v) is 4.01. The minimum absolute atomic E-state index is 0.184. The molecule has 106 valence electrons. The first-order valence-electron chi connectivity index (χ1n) is 6.64. The number of pyridine rings is 1. The average Bonchev–Trinajstić information content (AvgIpc) is 2.49. The molecule has 0 aliphatic heterocycles. The number of nitrogens with one attached hydrogen (secondary N) is 1. The molecule has 1 heterocycles. The number of benzene rings is 2. The molecule has 0 spiro atoms. The normalized spacial score (nSPS) is 10.8. The summed E-state index contributed by atoms with van der Waals surface area (Å²) in [5.74, 6) is 0.581. The fraction of sp³-hybridized carbons (Fsp3) is 0.118. The standard InChI is InChI=1S/C17H14BrNO2/c1-11-7-8-13-14(9-11)19-17(20)15(18)16(13)21-10-12-5-3-2-4-6-12/h2-9H,10H2,1H3,(H,19,20). The van der Waals surface area contributed by atoms with Gasteiger partial charge in [-0.2, -0.15) is 0 Å². The van der Waals surface area contributed by atoms with Crippen molar-refractivity contribution in [3.8, 4) is 5.75 Å². The van der Waals surface area contributed by atoms with Gasteiger partial charge in [0.05, 0.1) is 5.52 Å². The molecule has 21 heavy (non-hydrogen) atoms.